The number of nitrogens with zero attached hydrogens (tertiary/aromatic N) is 2. The van der Waals surface area contributed by atoms with Gasteiger partial charge in [-0.15, -0.1) is 0 Å². The summed E-state index contributed by atoms with van der Waals surface area (Å²) >= 11 is 0. The van der Waals surface area contributed by atoms with Crippen LogP contribution in [0.25, 0.3) is 0 Å². The van der Waals surface area contributed by atoms with Gasteiger partial charge in [0.15, 0.2) is 0 Å². The van der Waals surface area contributed by atoms with Crippen LogP contribution in [0.4, 0.5) is 4.39 Å². The van der Waals surface area contributed by atoms with Crippen molar-refractivity contribution in [2.24, 2.45) is 13.0 Å². The molecule has 0 radical (unpaired) electrons. The van der Waals surface area contributed by atoms with E-state index in [1.54, 1.807) is 12.3 Å². The first-order valence-corrected chi connectivity index (χ1v) is 7.85. The van der Waals surface area contributed by atoms with Gasteiger partial charge in [0.1, 0.15) is 17.7 Å². The van der Waals surface area contributed by atoms with Crippen molar-refractivity contribution in [3.63, 3.8) is 0 Å². The van der Waals surface area contributed by atoms with Crippen LogP contribution in [0.15, 0.2) is 30.6 Å². The number of carbonyl (C=O) groups is 1. The van der Waals surface area contributed by atoms with Gasteiger partial charge < -0.3 is 19.7 Å². The van der Waals surface area contributed by atoms with E-state index in [4.69, 9.17) is 9.84 Å². The van der Waals surface area contributed by atoms with E-state index in [1.165, 1.54) is 12.1 Å². The molecule has 2 atom stereocenters. The van der Waals surface area contributed by atoms with Gasteiger partial charge in [0, 0.05) is 38.2 Å². The van der Waals surface area contributed by atoms with Gasteiger partial charge in [0.05, 0.1) is 12.5 Å². The molecule has 1 aromatic heterocycles. The number of aromatic nitrogens is 2. The number of aliphatic hydroxyl groups is 1. The van der Waals surface area contributed by atoms with Crippen LogP contribution in [0.5, 0.6) is 0 Å². The van der Waals surface area contributed by atoms with Crippen LogP contribution in [-0.4, -0.2) is 27.2 Å². The molecule has 1 aliphatic rings. The summed E-state index contributed by atoms with van der Waals surface area (Å²) in [6.45, 7) is 0.393. The number of nitrogens with one attached hydrogen (secondary N) is 1. The fourth-order valence-electron chi connectivity index (χ4n) is 2.91. The zero-order chi connectivity index (χ0) is 17.1. The van der Waals surface area contributed by atoms with Gasteiger partial charge in [-0.1, -0.05) is 12.1 Å². The smallest absolute Gasteiger partial charge is 0.226 e. The van der Waals surface area contributed by atoms with Crippen molar-refractivity contribution in [2.45, 2.75) is 25.7 Å². The number of ether oxygens (including phenoxy) is 1. The molecule has 1 fully saturated rings. The highest BCUT2D eigenvalue weighted by Crippen LogP contribution is 2.33. The van der Waals surface area contributed by atoms with Gasteiger partial charge in [-0.05, 0) is 18.1 Å². The molecule has 1 amide bonds. The third kappa shape index (κ3) is 3.32. The average molecular weight is 333 g/mol. The second-order valence-corrected chi connectivity index (χ2v) is 5.88. The number of hydrogen-bond donors (Lipinski definition) is 2. The normalized spacial score (nSPS) is 20.3. The van der Waals surface area contributed by atoms with E-state index in [1.807, 2.05) is 17.8 Å². The van der Waals surface area contributed by atoms with Crippen molar-refractivity contribution in [2.75, 3.05) is 6.61 Å². The zero-order valence-corrected chi connectivity index (χ0v) is 13.4. The summed E-state index contributed by atoms with van der Waals surface area (Å²) in [5.74, 6) is -0.190. The number of hydrogen-bond acceptors (Lipinski definition) is 4. The Labute approximate surface area is 139 Å². The summed E-state index contributed by atoms with van der Waals surface area (Å²) in [5.41, 5.74) is 0.884. The van der Waals surface area contributed by atoms with Gasteiger partial charge in [-0.3, -0.25) is 4.79 Å². The van der Waals surface area contributed by atoms with Crippen LogP contribution in [0, 0.1) is 11.7 Å². The largest absolute Gasteiger partial charge is 0.392 e. The monoisotopic (exact) mass is 333 g/mol. The summed E-state index contributed by atoms with van der Waals surface area (Å²) in [6, 6.07) is 4.54. The molecule has 0 saturated carbocycles. The Balaban J connectivity index is 1.64. The lowest BCUT2D eigenvalue weighted by atomic mass is 9.99. The third-order valence-electron chi connectivity index (χ3n) is 4.30. The van der Waals surface area contributed by atoms with E-state index in [0.717, 1.165) is 5.82 Å². The van der Waals surface area contributed by atoms with Gasteiger partial charge in [0.25, 0.3) is 0 Å². The van der Waals surface area contributed by atoms with Gasteiger partial charge in [0.2, 0.25) is 5.91 Å². The number of aryl methyl sites for hydroxylation is 1. The molecule has 2 heterocycles. The second-order valence-electron chi connectivity index (χ2n) is 5.88. The van der Waals surface area contributed by atoms with E-state index in [9.17, 15) is 9.18 Å². The molecule has 0 unspecified atom stereocenters. The quantitative estimate of drug-likeness (QED) is 0.868. The molecule has 2 N–H and O–H groups in total. The molecule has 0 spiro atoms. The molecule has 6 nitrogen and oxygen atoms in total. The van der Waals surface area contributed by atoms with Gasteiger partial charge in [-0.25, -0.2) is 9.37 Å². The van der Waals surface area contributed by atoms with Crippen LogP contribution < -0.4 is 5.32 Å². The number of imidazole rings is 1. The van der Waals surface area contributed by atoms with E-state index in [-0.39, 0.29) is 36.6 Å². The van der Waals surface area contributed by atoms with E-state index in [0.29, 0.717) is 18.6 Å². The minimum Gasteiger partial charge on any atom is -0.392 e. The fraction of sp³-hybridized carbons (Fsp3) is 0.412. The number of rotatable bonds is 5. The van der Waals surface area contributed by atoms with Crippen LogP contribution in [0.1, 0.15) is 29.5 Å². The van der Waals surface area contributed by atoms with Crippen LogP contribution in [0.3, 0.4) is 0 Å². The number of halogens is 1. The maximum atomic E-state index is 13.7. The Morgan fingerprint density at radius 2 is 2.38 bits per heavy atom. The second kappa shape index (κ2) is 7.11. The lowest BCUT2D eigenvalue weighted by Gasteiger charge is -2.18. The molecule has 3 rings (SSSR count). The summed E-state index contributed by atoms with van der Waals surface area (Å²) in [4.78, 5) is 16.7. The number of aliphatic hydroxyl groups excluding tert-OH is 1. The molecule has 1 saturated heterocycles. The lowest BCUT2D eigenvalue weighted by Crippen LogP contribution is -2.32. The predicted octanol–water partition coefficient (Wildman–Crippen LogP) is 1.45. The molecule has 1 aromatic carbocycles. The fourth-order valence-corrected chi connectivity index (χ4v) is 2.91. The Morgan fingerprint density at radius 1 is 1.54 bits per heavy atom. The first kappa shape index (κ1) is 16.6. The van der Waals surface area contributed by atoms with E-state index >= 15 is 0 Å². The van der Waals surface area contributed by atoms with Gasteiger partial charge in [-0.2, -0.15) is 0 Å². The maximum absolute atomic E-state index is 13.7. The average Bonchev–Trinajstić information content (AvgIpc) is 3.21. The third-order valence-corrected chi connectivity index (χ3v) is 4.30. The highest BCUT2D eigenvalue weighted by atomic mass is 19.1. The number of carbonyl (C=O) groups excluding carboxylic acids is 1. The number of amides is 1. The Morgan fingerprint density at radius 3 is 3.04 bits per heavy atom. The van der Waals surface area contributed by atoms with Gasteiger partial charge >= 0.3 is 0 Å². The molecular weight excluding hydrogens is 313 g/mol. The molecule has 7 heteroatoms. The first-order chi connectivity index (χ1) is 11.6. The topological polar surface area (TPSA) is 76.4 Å². The number of benzene rings is 1. The summed E-state index contributed by atoms with van der Waals surface area (Å²) < 4.78 is 21.2. The first-order valence-electron chi connectivity index (χ1n) is 7.85. The maximum Gasteiger partial charge on any atom is 0.226 e. The Kier molecular flexibility index (Phi) is 4.92. The lowest BCUT2D eigenvalue weighted by molar-refractivity contribution is -0.127. The van der Waals surface area contributed by atoms with Crippen molar-refractivity contribution in [1.29, 1.82) is 0 Å². The van der Waals surface area contributed by atoms with Crippen molar-refractivity contribution >= 4 is 5.91 Å². The van der Waals surface area contributed by atoms with Crippen molar-refractivity contribution < 1.29 is 19.0 Å². The highest BCUT2D eigenvalue weighted by molar-refractivity contribution is 5.79. The molecule has 1 aliphatic heterocycles. The summed E-state index contributed by atoms with van der Waals surface area (Å²) in [5, 5.41) is 11.8. The molecular formula is C17H20FN3O3. The molecule has 128 valence electrons. The van der Waals surface area contributed by atoms with Crippen molar-refractivity contribution in [1.82, 2.24) is 14.9 Å². The molecule has 2 aromatic rings. The van der Waals surface area contributed by atoms with Crippen LogP contribution in [-0.2, 0) is 29.7 Å². The highest BCUT2D eigenvalue weighted by Gasteiger charge is 2.37. The van der Waals surface area contributed by atoms with Crippen molar-refractivity contribution in [3.05, 3.63) is 53.4 Å². The minimum atomic E-state index is -0.473. The Hall–Kier alpha value is -2.25. The van der Waals surface area contributed by atoms with Crippen LogP contribution >= 0.6 is 0 Å². The molecule has 0 aliphatic carbocycles. The zero-order valence-electron chi connectivity index (χ0n) is 13.4. The Bertz CT molecular complexity index is 732. The van der Waals surface area contributed by atoms with E-state index in [2.05, 4.69) is 10.3 Å². The van der Waals surface area contributed by atoms with Crippen molar-refractivity contribution in [3.8, 4) is 0 Å². The van der Waals surface area contributed by atoms with Crippen LogP contribution in [0.2, 0.25) is 0 Å². The summed E-state index contributed by atoms with van der Waals surface area (Å²) in [6.07, 6.45) is 3.76. The SMILES string of the molecule is Cn1ccnc1[C@@H]1OCC[C@H]1C(=O)NCc1ccc(CO)c(F)c1. The predicted molar refractivity (Wildman–Crippen MR) is 84.2 cm³/mol. The summed E-state index contributed by atoms with van der Waals surface area (Å²) in [7, 11) is 1.87. The standard InChI is InChI=1S/C17H20FN3O3/c1-21-6-5-19-16(21)15-13(4-7-24-15)17(23)20-9-11-2-3-12(10-22)14(18)8-11/h2-3,5-6,8,13,15,22H,4,7,9-10H2,1H3,(H,20,23)/t13-,15-/m1/s1. The van der Waals surface area contributed by atoms with E-state index < -0.39 is 5.82 Å². The molecule has 0 bridgehead atoms. The molecule has 24 heavy (non-hydrogen) atoms. The minimum absolute atomic E-state index is 0.132.